The van der Waals surface area contributed by atoms with Crippen LogP contribution in [0.3, 0.4) is 0 Å². The van der Waals surface area contributed by atoms with Gasteiger partial charge in [-0.2, -0.15) is 0 Å². The van der Waals surface area contributed by atoms with Crippen LogP contribution in [-0.4, -0.2) is 26.1 Å². The van der Waals surface area contributed by atoms with E-state index in [9.17, 15) is 0 Å². The highest BCUT2D eigenvalue weighted by molar-refractivity contribution is 7.03. The van der Waals surface area contributed by atoms with Gasteiger partial charge in [0.1, 0.15) is 27.2 Å². The standard InChI is InChI=1S/C48H38N4O2Si2/c1-55(2)43-17-9-5-13-37(43)51(38-14-6-10-18-44(38)55)33-25-21-31(22-26-33)47-49-35-29-42-36(30-41(35)53-47)50-48(54-42)32-23-27-34(28-24-32)52-39-15-7-11-19-45(39)56(3,4)46-20-12-8-16-40(46)52/h5-30H,1-4H3. The van der Waals surface area contributed by atoms with E-state index in [1.807, 2.05) is 12.1 Å². The molecule has 56 heavy (non-hydrogen) atoms. The number of hydrogen-bond donors (Lipinski definition) is 0. The average Bonchev–Trinajstić information content (AvgIpc) is 3.84. The monoisotopic (exact) mass is 758 g/mol. The van der Waals surface area contributed by atoms with Crippen molar-refractivity contribution >= 4 is 93.2 Å². The normalized spacial score (nSPS) is 15.0. The average molecular weight is 759 g/mol. The molecule has 0 saturated heterocycles. The third-order valence-corrected chi connectivity index (χ3v) is 19.0. The Labute approximate surface area is 327 Å². The number of nitrogens with zero attached hydrogens (tertiary/aromatic N) is 4. The Hall–Kier alpha value is -6.49. The van der Waals surface area contributed by atoms with Gasteiger partial charge in [-0.05, 0) is 93.5 Å². The summed E-state index contributed by atoms with van der Waals surface area (Å²) < 4.78 is 12.7. The SMILES string of the molecule is C[Si]1(C)c2ccccc2N(c2ccc(-c3nc4cc5oc(-c6ccc(N7c8ccccc8[Si](C)(C)c8ccccc87)cc6)nc5cc4o3)cc2)c2ccccc21. The molecule has 0 aliphatic carbocycles. The number of benzene rings is 7. The Morgan fingerprint density at radius 1 is 0.393 bits per heavy atom. The predicted octanol–water partition coefficient (Wildman–Crippen LogP) is 10.5. The molecule has 0 radical (unpaired) electrons. The van der Waals surface area contributed by atoms with Crippen molar-refractivity contribution in [3.05, 3.63) is 158 Å². The second-order valence-corrected chi connectivity index (χ2v) is 24.6. The highest BCUT2D eigenvalue weighted by atomic mass is 28.3. The van der Waals surface area contributed by atoms with Crippen molar-refractivity contribution in [1.82, 2.24) is 9.97 Å². The second kappa shape index (κ2) is 12.0. The molecule has 0 amide bonds. The van der Waals surface area contributed by atoms with Gasteiger partial charge in [0, 0.05) is 57.4 Å². The van der Waals surface area contributed by atoms with Crippen LogP contribution < -0.4 is 30.5 Å². The number of oxazole rings is 2. The molecule has 0 fully saturated rings. The molecule has 2 aliphatic heterocycles. The smallest absolute Gasteiger partial charge is 0.227 e. The maximum Gasteiger partial charge on any atom is 0.227 e. The van der Waals surface area contributed by atoms with Crippen LogP contribution in [-0.2, 0) is 0 Å². The van der Waals surface area contributed by atoms with E-state index in [-0.39, 0.29) is 0 Å². The van der Waals surface area contributed by atoms with Gasteiger partial charge in [0.25, 0.3) is 0 Å². The first-order valence-corrected chi connectivity index (χ1v) is 25.2. The molecule has 11 rings (SSSR count). The van der Waals surface area contributed by atoms with E-state index in [0.717, 1.165) is 33.5 Å². The van der Waals surface area contributed by atoms with Crippen molar-refractivity contribution in [2.24, 2.45) is 0 Å². The summed E-state index contributed by atoms with van der Waals surface area (Å²) in [4.78, 5) is 14.6. The van der Waals surface area contributed by atoms with Crippen LogP contribution in [0.4, 0.5) is 34.1 Å². The molecule has 7 aromatic carbocycles. The second-order valence-electron chi connectivity index (χ2n) is 15.9. The summed E-state index contributed by atoms with van der Waals surface area (Å²) in [5.74, 6) is 1.13. The molecular weight excluding hydrogens is 721 g/mol. The quantitative estimate of drug-likeness (QED) is 0.167. The summed E-state index contributed by atoms with van der Waals surface area (Å²) in [6.45, 7) is 9.77. The molecule has 2 aromatic heterocycles. The maximum atomic E-state index is 6.35. The van der Waals surface area contributed by atoms with Crippen LogP contribution >= 0.6 is 0 Å². The summed E-state index contributed by atoms with van der Waals surface area (Å²) in [5.41, 5.74) is 11.9. The molecule has 0 unspecified atom stereocenters. The van der Waals surface area contributed by atoms with Crippen molar-refractivity contribution in [2.45, 2.75) is 26.2 Å². The van der Waals surface area contributed by atoms with Crippen LogP contribution in [0.15, 0.2) is 167 Å². The summed E-state index contributed by atoms with van der Waals surface area (Å²) in [6.07, 6.45) is 0. The molecule has 6 nitrogen and oxygen atoms in total. The first-order valence-electron chi connectivity index (χ1n) is 19.2. The molecule has 0 atom stereocenters. The van der Waals surface area contributed by atoms with Gasteiger partial charge in [-0.25, -0.2) is 9.97 Å². The minimum Gasteiger partial charge on any atom is -0.436 e. The first-order chi connectivity index (χ1) is 27.3. The Bertz CT molecular complexity index is 2650. The zero-order chi connectivity index (χ0) is 37.8. The van der Waals surface area contributed by atoms with Crippen LogP contribution in [0.25, 0.3) is 45.1 Å². The summed E-state index contributed by atoms with van der Waals surface area (Å²) >= 11 is 0. The zero-order valence-electron chi connectivity index (χ0n) is 31.6. The van der Waals surface area contributed by atoms with E-state index in [4.69, 9.17) is 18.8 Å². The fourth-order valence-corrected chi connectivity index (χ4v) is 15.0. The maximum absolute atomic E-state index is 6.35. The van der Waals surface area contributed by atoms with Crippen LogP contribution in [0, 0.1) is 0 Å². The Morgan fingerprint density at radius 3 is 1.02 bits per heavy atom. The van der Waals surface area contributed by atoms with E-state index in [0.29, 0.717) is 22.9 Å². The number of fused-ring (bicyclic) bond motifs is 6. The van der Waals surface area contributed by atoms with Crippen molar-refractivity contribution in [3.63, 3.8) is 0 Å². The van der Waals surface area contributed by atoms with Crippen molar-refractivity contribution < 1.29 is 8.83 Å². The molecule has 0 saturated carbocycles. The van der Waals surface area contributed by atoms with E-state index >= 15 is 0 Å². The fourth-order valence-electron chi connectivity index (χ4n) is 9.00. The minimum absolute atomic E-state index is 0.565. The van der Waals surface area contributed by atoms with E-state index in [2.05, 4.69) is 182 Å². The molecular formula is C48H38N4O2Si2. The third-order valence-electron chi connectivity index (χ3n) is 11.9. The Kier molecular flexibility index (Phi) is 7.05. The van der Waals surface area contributed by atoms with E-state index in [1.165, 1.54) is 43.5 Å². The largest absolute Gasteiger partial charge is 0.436 e. The van der Waals surface area contributed by atoms with Gasteiger partial charge in [0.05, 0.1) is 0 Å². The van der Waals surface area contributed by atoms with Crippen LogP contribution in [0.2, 0.25) is 26.2 Å². The lowest BCUT2D eigenvalue weighted by Crippen LogP contribution is -2.58. The predicted molar refractivity (Wildman–Crippen MR) is 235 cm³/mol. The van der Waals surface area contributed by atoms with Crippen molar-refractivity contribution in [2.75, 3.05) is 9.80 Å². The molecule has 4 heterocycles. The lowest BCUT2D eigenvalue weighted by molar-refractivity contribution is 0.618. The summed E-state index contributed by atoms with van der Waals surface area (Å²) in [6, 6.07) is 56.3. The van der Waals surface area contributed by atoms with E-state index < -0.39 is 16.1 Å². The number of para-hydroxylation sites is 4. The summed E-state index contributed by atoms with van der Waals surface area (Å²) in [5, 5.41) is 5.78. The van der Waals surface area contributed by atoms with Crippen molar-refractivity contribution in [3.8, 4) is 22.9 Å². The van der Waals surface area contributed by atoms with Gasteiger partial charge in [-0.15, -0.1) is 0 Å². The summed E-state index contributed by atoms with van der Waals surface area (Å²) in [7, 11) is -3.68. The molecule has 2 aliphatic rings. The topological polar surface area (TPSA) is 58.5 Å². The van der Waals surface area contributed by atoms with Crippen LogP contribution in [0.5, 0.6) is 0 Å². The first kappa shape index (κ1) is 32.9. The van der Waals surface area contributed by atoms with Gasteiger partial charge >= 0.3 is 0 Å². The number of anilines is 6. The number of hydrogen-bond acceptors (Lipinski definition) is 6. The molecule has 0 N–H and O–H groups in total. The molecule has 8 heteroatoms. The van der Waals surface area contributed by atoms with Gasteiger partial charge < -0.3 is 18.6 Å². The number of rotatable bonds is 4. The van der Waals surface area contributed by atoms with Gasteiger partial charge in [-0.1, -0.05) is 99.0 Å². The lowest BCUT2D eigenvalue weighted by atomic mass is 10.1. The van der Waals surface area contributed by atoms with Gasteiger partial charge in [0.2, 0.25) is 11.8 Å². The molecule has 270 valence electrons. The lowest BCUT2D eigenvalue weighted by Gasteiger charge is -2.41. The minimum atomic E-state index is -1.84. The Balaban J connectivity index is 0.889. The van der Waals surface area contributed by atoms with Crippen molar-refractivity contribution in [1.29, 1.82) is 0 Å². The highest BCUT2D eigenvalue weighted by Gasteiger charge is 2.39. The zero-order valence-corrected chi connectivity index (χ0v) is 33.6. The fraction of sp³-hybridized carbons (Fsp3) is 0.0833. The van der Waals surface area contributed by atoms with Gasteiger partial charge in [0.15, 0.2) is 11.2 Å². The van der Waals surface area contributed by atoms with Gasteiger partial charge in [-0.3, -0.25) is 0 Å². The van der Waals surface area contributed by atoms with E-state index in [1.54, 1.807) is 0 Å². The third kappa shape index (κ3) is 4.85. The van der Waals surface area contributed by atoms with Crippen LogP contribution in [0.1, 0.15) is 0 Å². The Morgan fingerprint density at radius 2 is 0.696 bits per heavy atom. The molecule has 9 aromatic rings. The molecule has 0 bridgehead atoms. The highest BCUT2D eigenvalue weighted by Crippen LogP contribution is 2.41. The molecule has 0 spiro atoms. The number of aromatic nitrogens is 2.